The van der Waals surface area contributed by atoms with Crippen LogP contribution in [0.4, 0.5) is 11.5 Å². The summed E-state index contributed by atoms with van der Waals surface area (Å²) < 4.78 is 6.09. The summed E-state index contributed by atoms with van der Waals surface area (Å²) in [6.45, 7) is 3.26. The van der Waals surface area contributed by atoms with Gasteiger partial charge in [-0.05, 0) is 36.6 Å². The zero-order valence-electron chi connectivity index (χ0n) is 16.7. The van der Waals surface area contributed by atoms with Gasteiger partial charge < -0.3 is 19.9 Å². The Morgan fingerprint density at radius 2 is 2.14 bits per heavy atom. The van der Waals surface area contributed by atoms with E-state index in [2.05, 4.69) is 43.4 Å². The minimum absolute atomic E-state index is 0.0434. The molecular weight excluding hydrogens is 366 g/mol. The van der Waals surface area contributed by atoms with Gasteiger partial charge in [0, 0.05) is 31.9 Å². The van der Waals surface area contributed by atoms with E-state index in [-0.39, 0.29) is 5.91 Å². The second kappa shape index (κ2) is 9.05. The Bertz CT molecular complexity index is 965. The molecule has 1 fully saturated rings. The molecule has 152 valence electrons. The second-order valence-corrected chi connectivity index (χ2v) is 7.46. The number of carbonyl (C=O) groups excluding carboxylic acids is 1. The Balaban J connectivity index is 1.59. The number of ether oxygens (including phenoxy) is 1. The predicted octanol–water partition coefficient (Wildman–Crippen LogP) is 3.69. The summed E-state index contributed by atoms with van der Waals surface area (Å²) in [6, 6.07) is 10.3. The van der Waals surface area contributed by atoms with Gasteiger partial charge in [0.15, 0.2) is 0 Å². The van der Waals surface area contributed by atoms with Crippen molar-refractivity contribution in [3.63, 3.8) is 0 Å². The number of rotatable bonds is 8. The van der Waals surface area contributed by atoms with Crippen molar-refractivity contribution in [2.24, 2.45) is 0 Å². The van der Waals surface area contributed by atoms with Crippen molar-refractivity contribution in [2.75, 3.05) is 18.0 Å². The number of hydrogen-bond donors (Lipinski definition) is 2. The molecular formula is C22H27N5O2. The van der Waals surface area contributed by atoms with Gasteiger partial charge in [-0.2, -0.15) is 0 Å². The summed E-state index contributed by atoms with van der Waals surface area (Å²) in [5, 5.41) is 3.82. The fraction of sp³-hybridized carbons (Fsp3) is 0.409. The summed E-state index contributed by atoms with van der Waals surface area (Å²) in [5.41, 5.74) is 2.95. The van der Waals surface area contributed by atoms with E-state index in [0.717, 1.165) is 40.9 Å². The molecule has 2 aromatic heterocycles. The number of fused-ring (bicyclic) bond motifs is 1. The Hall–Kier alpha value is -2.93. The fourth-order valence-electron chi connectivity index (χ4n) is 3.86. The van der Waals surface area contributed by atoms with Gasteiger partial charge in [0.2, 0.25) is 5.91 Å². The predicted molar refractivity (Wildman–Crippen MR) is 113 cm³/mol. The molecule has 4 rings (SSSR count). The maximum absolute atomic E-state index is 11.4. The van der Waals surface area contributed by atoms with E-state index < -0.39 is 0 Å². The highest BCUT2D eigenvalue weighted by atomic mass is 16.5. The molecule has 1 aliphatic carbocycles. The molecule has 7 nitrogen and oxygen atoms in total. The van der Waals surface area contributed by atoms with Gasteiger partial charge in [0.25, 0.3) is 0 Å². The normalized spacial score (nSPS) is 14.4. The quantitative estimate of drug-likeness (QED) is 0.610. The lowest BCUT2D eigenvalue weighted by atomic mass is 10.2. The first-order valence-electron chi connectivity index (χ1n) is 10.2. The van der Waals surface area contributed by atoms with Crippen LogP contribution in [0.15, 0.2) is 42.9 Å². The molecule has 0 atom stereocenters. The minimum Gasteiger partial charge on any atom is -0.374 e. The Kier molecular flexibility index (Phi) is 6.05. The summed E-state index contributed by atoms with van der Waals surface area (Å²) in [7, 11) is 0. The third-order valence-corrected chi connectivity index (χ3v) is 5.31. The highest BCUT2D eigenvalue weighted by molar-refractivity contribution is 5.89. The zero-order valence-corrected chi connectivity index (χ0v) is 16.7. The number of benzene rings is 1. The largest absolute Gasteiger partial charge is 0.374 e. The zero-order chi connectivity index (χ0) is 20.1. The summed E-state index contributed by atoms with van der Waals surface area (Å²) in [5.74, 6) is 0.772. The molecule has 0 radical (unpaired) electrons. The van der Waals surface area contributed by atoms with Crippen LogP contribution in [-0.2, 0) is 16.1 Å². The van der Waals surface area contributed by atoms with Crippen LogP contribution < -0.4 is 10.2 Å². The van der Waals surface area contributed by atoms with Crippen LogP contribution in [0.2, 0.25) is 0 Å². The topological polar surface area (TPSA) is 83.1 Å². The van der Waals surface area contributed by atoms with Crippen molar-refractivity contribution in [1.29, 1.82) is 0 Å². The van der Waals surface area contributed by atoms with Crippen molar-refractivity contribution < 1.29 is 9.53 Å². The van der Waals surface area contributed by atoms with Crippen LogP contribution in [0.3, 0.4) is 0 Å². The third kappa shape index (κ3) is 4.74. The molecule has 1 saturated carbocycles. The van der Waals surface area contributed by atoms with E-state index in [1.54, 1.807) is 6.33 Å². The van der Waals surface area contributed by atoms with Crippen LogP contribution in [0.1, 0.15) is 38.2 Å². The maximum Gasteiger partial charge on any atom is 0.216 e. The highest BCUT2D eigenvalue weighted by Gasteiger charge is 2.17. The average Bonchev–Trinajstić information content (AvgIpc) is 3.41. The van der Waals surface area contributed by atoms with Gasteiger partial charge in [-0.3, -0.25) is 4.79 Å². The maximum atomic E-state index is 11.4. The molecule has 1 aromatic carbocycles. The van der Waals surface area contributed by atoms with Crippen molar-refractivity contribution in [2.45, 2.75) is 45.3 Å². The lowest BCUT2D eigenvalue weighted by molar-refractivity contribution is -0.118. The molecule has 7 heteroatoms. The molecule has 0 spiro atoms. The Labute approximate surface area is 170 Å². The van der Waals surface area contributed by atoms with E-state index in [9.17, 15) is 4.79 Å². The number of anilines is 2. The Morgan fingerprint density at radius 3 is 2.97 bits per heavy atom. The highest BCUT2D eigenvalue weighted by Crippen LogP contribution is 2.30. The lowest BCUT2D eigenvalue weighted by Gasteiger charge is -2.25. The molecule has 3 aromatic rings. The minimum atomic E-state index is -0.0434. The number of nitrogens with one attached hydrogen (secondary N) is 2. The first kappa shape index (κ1) is 19.4. The molecule has 0 saturated heterocycles. The van der Waals surface area contributed by atoms with E-state index in [1.165, 1.54) is 19.8 Å². The number of hydrogen-bond acceptors (Lipinski definition) is 5. The second-order valence-electron chi connectivity index (χ2n) is 7.46. The van der Waals surface area contributed by atoms with E-state index in [0.29, 0.717) is 25.8 Å². The van der Waals surface area contributed by atoms with Gasteiger partial charge in [-0.25, -0.2) is 9.97 Å². The fourth-order valence-corrected chi connectivity index (χ4v) is 3.86. The van der Waals surface area contributed by atoms with Gasteiger partial charge in [0.1, 0.15) is 17.8 Å². The van der Waals surface area contributed by atoms with Crippen molar-refractivity contribution in [3.05, 3.63) is 48.4 Å². The van der Waals surface area contributed by atoms with Crippen LogP contribution in [0, 0.1) is 0 Å². The molecule has 0 aliphatic heterocycles. The van der Waals surface area contributed by atoms with Crippen LogP contribution in [-0.4, -0.2) is 40.1 Å². The summed E-state index contributed by atoms with van der Waals surface area (Å²) >= 11 is 0. The lowest BCUT2D eigenvalue weighted by Crippen LogP contribution is -2.32. The molecule has 29 heavy (non-hydrogen) atoms. The number of amides is 1. The molecule has 2 N–H and O–H groups in total. The number of nitrogens with zero attached hydrogens (tertiary/aromatic N) is 3. The van der Waals surface area contributed by atoms with Crippen molar-refractivity contribution >= 4 is 28.4 Å². The van der Waals surface area contributed by atoms with Crippen molar-refractivity contribution in [3.8, 4) is 0 Å². The first-order chi connectivity index (χ1) is 14.2. The number of aromatic nitrogens is 3. The van der Waals surface area contributed by atoms with Crippen molar-refractivity contribution in [1.82, 2.24) is 20.3 Å². The number of aromatic amines is 1. The molecule has 0 bridgehead atoms. The third-order valence-electron chi connectivity index (χ3n) is 5.31. The van der Waals surface area contributed by atoms with E-state index >= 15 is 0 Å². The standard InChI is InChI=1S/C22H27N5O2/c1-16(28)23-11-12-27(22-20-9-10-24-21(20)25-15-26-22)18-6-4-5-17(13-18)14-29-19-7-2-3-8-19/h4-6,9-10,13,15,19H,2-3,7-8,11-12,14H2,1H3,(H,23,28)(H,24,25,26). The van der Waals surface area contributed by atoms with E-state index in [1.807, 2.05) is 18.3 Å². The van der Waals surface area contributed by atoms with Crippen LogP contribution in [0.5, 0.6) is 0 Å². The van der Waals surface area contributed by atoms with Crippen LogP contribution in [0.25, 0.3) is 11.0 Å². The smallest absolute Gasteiger partial charge is 0.216 e. The summed E-state index contributed by atoms with van der Waals surface area (Å²) in [6.07, 6.45) is 8.66. The average molecular weight is 393 g/mol. The molecule has 1 amide bonds. The number of carbonyl (C=O) groups is 1. The van der Waals surface area contributed by atoms with Gasteiger partial charge in [-0.1, -0.05) is 25.0 Å². The van der Waals surface area contributed by atoms with E-state index in [4.69, 9.17) is 4.74 Å². The molecule has 1 aliphatic rings. The molecule has 2 heterocycles. The van der Waals surface area contributed by atoms with Crippen LogP contribution >= 0.6 is 0 Å². The molecule has 0 unspecified atom stereocenters. The Morgan fingerprint density at radius 1 is 1.28 bits per heavy atom. The number of H-pyrrole nitrogens is 1. The van der Waals surface area contributed by atoms with Gasteiger partial charge >= 0.3 is 0 Å². The van der Waals surface area contributed by atoms with Gasteiger partial charge in [-0.15, -0.1) is 0 Å². The van der Waals surface area contributed by atoms with Gasteiger partial charge in [0.05, 0.1) is 18.1 Å². The first-order valence-corrected chi connectivity index (χ1v) is 10.2. The monoisotopic (exact) mass is 393 g/mol. The SMILES string of the molecule is CC(=O)NCCN(c1cccc(COC2CCCC2)c1)c1ncnc2[nH]ccc12. The summed E-state index contributed by atoms with van der Waals surface area (Å²) in [4.78, 5) is 25.4.